The van der Waals surface area contributed by atoms with Crippen LogP contribution in [-0.4, -0.2) is 65.7 Å². The number of rotatable bonds is 9. The van der Waals surface area contributed by atoms with Crippen LogP contribution in [0.25, 0.3) is 27.8 Å². The molecule has 0 aliphatic carbocycles. The Morgan fingerprint density at radius 2 is 1.82 bits per heavy atom. The van der Waals surface area contributed by atoms with Gasteiger partial charge in [-0.3, -0.25) is 9.20 Å². The van der Waals surface area contributed by atoms with E-state index in [1.165, 1.54) is 26.4 Å². The Bertz CT molecular complexity index is 1900. The highest BCUT2D eigenvalue weighted by atomic mass is 35.5. The van der Waals surface area contributed by atoms with E-state index in [9.17, 15) is 4.79 Å². The largest absolute Gasteiger partial charge is 0.495 e. The Kier molecular flexibility index (Phi) is 8.26. The smallest absolute Gasteiger partial charge is 0.229 e. The number of benzene rings is 2. The zero-order valence-electron chi connectivity index (χ0n) is 23.9. The summed E-state index contributed by atoms with van der Waals surface area (Å²) in [5, 5.41) is 4.22. The number of imidazole rings is 1. The summed E-state index contributed by atoms with van der Waals surface area (Å²) in [7, 11) is 3.01. The minimum Gasteiger partial charge on any atom is -0.495 e. The molecule has 6 rings (SSSR count). The van der Waals surface area contributed by atoms with Gasteiger partial charge in [0.1, 0.15) is 23.0 Å². The molecular weight excluding hydrogens is 610 g/mol. The van der Waals surface area contributed by atoms with Gasteiger partial charge in [0.2, 0.25) is 5.95 Å². The topological polar surface area (TPSA) is 103 Å². The quantitative estimate of drug-likeness (QED) is 0.187. The third kappa shape index (κ3) is 5.38. The first-order valence-corrected chi connectivity index (χ1v) is 14.4. The van der Waals surface area contributed by atoms with Crippen LogP contribution in [0.2, 0.25) is 10.0 Å². The van der Waals surface area contributed by atoms with Gasteiger partial charge in [-0.05, 0) is 29.8 Å². The minimum atomic E-state index is -0.538. The number of anilines is 3. The molecule has 0 atom stereocenters. The predicted molar refractivity (Wildman–Crippen MR) is 168 cm³/mol. The molecule has 0 amide bonds. The van der Waals surface area contributed by atoms with Gasteiger partial charge in [-0.1, -0.05) is 29.8 Å². The summed E-state index contributed by atoms with van der Waals surface area (Å²) in [6, 6.07) is 6.67. The third-order valence-electron chi connectivity index (χ3n) is 7.41. The number of morpholine rings is 1. The maximum Gasteiger partial charge on any atom is 0.229 e. The fraction of sp³-hybridized carbons (Fsp3) is 0.226. The molecule has 0 unspecified atom stereocenters. The van der Waals surface area contributed by atoms with E-state index in [4.69, 9.17) is 42.4 Å². The Balaban J connectivity index is 1.45. The lowest BCUT2D eigenvalue weighted by atomic mass is 10.0. The second kappa shape index (κ2) is 12.3. The summed E-state index contributed by atoms with van der Waals surface area (Å²) < 4.78 is 33.8. The van der Waals surface area contributed by atoms with Crippen molar-refractivity contribution in [2.75, 3.05) is 50.7 Å². The fourth-order valence-corrected chi connectivity index (χ4v) is 5.94. The Morgan fingerprint density at radius 1 is 1.09 bits per heavy atom. The maximum absolute atomic E-state index is 15.7. The van der Waals surface area contributed by atoms with Gasteiger partial charge in [-0.15, -0.1) is 0 Å². The number of carbonyl (C=O) groups excluding carboxylic acids is 1. The summed E-state index contributed by atoms with van der Waals surface area (Å²) in [4.78, 5) is 28.1. The molecule has 0 bridgehead atoms. The molecule has 2 aromatic carbocycles. The van der Waals surface area contributed by atoms with E-state index in [0.717, 1.165) is 0 Å². The number of halogens is 3. The zero-order valence-corrected chi connectivity index (χ0v) is 25.4. The van der Waals surface area contributed by atoms with Gasteiger partial charge in [-0.25, -0.2) is 14.4 Å². The van der Waals surface area contributed by atoms with Crippen LogP contribution in [0, 0.1) is 5.82 Å². The Hall–Kier alpha value is -4.45. The van der Waals surface area contributed by atoms with Crippen molar-refractivity contribution in [1.29, 1.82) is 0 Å². The SMILES string of the molecule is C=CC(=O)Cc1cc(N2CCOCC2)cc(F)c1Nc1ncc2cc(-c3c(Cl)c(OC)cc(OC)c3Cl)c3nccn3c2n1. The number of ether oxygens (including phenoxy) is 3. The summed E-state index contributed by atoms with van der Waals surface area (Å²) in [5.41, 5.74) is 3.32. The van der Waals surface area contributed by atoms with Gasteiger partial charge in [0, 0.05) is 66.4 Å². The molecule has 13 heteroatoms. The van der Waals surface area contributed by atoms with Gasteiger partial charge >= 0.3 is 0 Å². The number of methoxy groups -OCH3 is 2. The van der Waals surface area contributed by atoms with Gasteiger partial charge in [0.05, 0.1) is 43.2 Å². The summed E-state index contributed by atoms with van der Waals surface area (Å²) in [6.45, 7) is 5.90. The first-order chi connectivity index (χ1) is 21.3. The molecule has 0 saturated carbocycles. The summed E-state index contributed by atoms with van der Waals surface area (Å²) >= 11 is 13.5. The molecule has 0 spiro atoms. The first-order valence-electron chi connectivity index (χ1n) is 13.6. The molecular formula is C31H27Cl2FN6O4. The molecule has 4 heterocycles. The molecule has 44 heavy (non-hydrogen) atoms. The zero-order chi connectivity index (χ0) is 31.0. The molecule has 10 nitrogen and oxygen atoms in total. The number of hydrogen-bond acceptors (Lipinski definition) is 9. The van der Waals surface area contributed by atoms with Crippen LogP contribution < -0.4 is 19.7 Å². The number of ketones is 1. The lowest BCUT2D eigenvalue weighted by Gasteiger charge is -2.29. The number of aromatic nitrogens is 4. The van der Waals surface area contributed by atoms with Crippen LogP contribution >= 0.6 is 23.2 Å². The summed E-state index contributed by atoms with van der Waals surface area (Å²) in [5.74, 6) is 0.116. The number of nitrogens with one attached hydrogen (secondary N) is 1. The summed E-state index contributed by atoms with van der Waals surface area (Å²) in [6.07, 6.45) is 6.13. The highest BCUT2D eigenvalue weighted by Gasteiger charge is 2.23. The first kappa shape index (κ1) is 29.6. The van der Waals surface area contributed by atoms with Crippen LogP contribution in [0.5, 0.6) is 11.5 Å². The monoisotopic (exact) mass is 636 g/mol. The number of fused-ring (bicyclic) bond motifs is 3. The van der Waals surface area contributed by atoms with Crippen molar-refractivity contribution in [1.82, 2.24) is 19.4 Å². The normalized spacial score (nSPS) is 13.3. The number of allylic oxidation sites excluding steroid dienone is 1. The predicted octanol–water partition coefficient (Wildman–Crippen LogP) is 6.29. The third-order valence-corrected chi connectivity index (χ3v) is 8.16. The van der Waals surface area contributed by atoms with Crippen LogP contribution in [0.3, 0.4) is 0 Å². The van der Waals surface area contributed by atoms with E-state index in [1.54, 1.807) is 35.1 Å². The van der Waals surface area contributed by atoms with Crippen molar-refractivity contribution in [3.63, 3.8) is 0 Å². The maximum atomic E-state index is 15.7. The molecule has 0 radical (unpaired) electrons. The van der Waals surface area contributed by atoms with E-state index < -0.39 is 5.82 Å². The van der Waals surface area contributed by atoms with Crippen molar-refractivity contribution >= 4 is 63.0 Å². The number of nitrogens with zero attached hydrogens (tertiary/aromatic N) is 5. The van der Waals surface area contributed by atoms with E-state index in [0.29, 0.717) is 86.9 Å². The fourth-order valence-electron chi connectivity index (χ4n) is 5.24. The van der Waals surface area contributed by atoms with Gasteiger partial charge < -0.3 is 24.4 Å². The molecule has 1 fully saturated rings. The van der Waals surface area contributed by atoms with E-state index in [-0.39, 0.29) is 23.8 Å². The minimum absolute atomic E-state index is 0.0465. The number of pyridine rings is 1. The Labute approximate surface area is 262 Å². The second-order valence-corrected chi connectivity index (χ2v) is 10.7. The molecule has 5 aromatic rings. The van der Waals surface area contributed by atoms with E-state index in [1.807, 2.05) is 11.0 Å². The van der Waals surface area contributed by atoms with Gasteiger partial charge in [-0.2, -0.15) is 4.98 Å². The van der Waals surface area contributed by atoms with Crippen LogP contribution in [0.1, 0.15) is 5.56 Å². The number of hydrogen-bond donors (Lipinski definition) is 1. The van der Waals surface area contributed by atoms with Crippen molar-refractivity contribution in [2.24, 2.45) is 0 Å². The van der Waals surface area contributed by atoms with Crippen LogP contribution in [0.4, 0.5) is 21.7 Å². The highest BCUT2D eigenvalue weighted by Crippen LogP contribution is 2.47. The standard InChI is InChI=1S/C31H27Cl2FN6O4/c1-4-20(41)12-17-11-19(39-7-9-44-10-8-39)14-22(34)28(17)37-31-36-16-18-13-21(30-35-5-6-40(30)29(18)38-31)25-26(32)23(42-2)15-24(43-3)27(25)33/h4-6,11,13-16H,1,7-10,12H2,2-3H3,(H,36,37,38). The molecule has 1 saturated heterocycles. The average Bonchev–Trinajstić information content (AvgIpc) is 3.54. The van der Waals surface area contributed by atoms with Crippen molar-refractivity contribution in [2.45, 2.75) is 6.42 Å². The number of carbonyl (C=O) groups is 1. The molecule has 3 aromatic heterocycles. The molecule has 1 N–H and O–H groups in total. The van der Waals surface area contributed by atoms with E-state index in [2.05, 4.69) is 21.9 Å². The van der Waals surface area contributed by atoms with Crippen molar-refractivity contribution in [3.05, 3.63) is 76.9 Å². The van der Waals surface area contributed by atoms with Gasteiger partial charge in [0.25, 0.3) is 0 Å². The lowest BCUT2D eigenvalue weighted by molar-refractivity contribution is -0.114. The van der Waals surface area contributed by atoms with E-state index >= 15 is 4.39 Å². The van der Waals surface area contributed by atoms with Crippen LogP contribution in [-0.2, 0) is 16.0 Å². The van der Waals surface area contributed by atoms with Crippen molar-refractivity contribution < 1.29 is 23.4 Å². The molecule has 1 aliphatic heterocycles. The molecule has 226 valence electrons. The lowest BCUT2D eigenvalue weighted by Crippen LogP contribution is -2.36. The van der Waals surface area contributed by atoms with Crippen LogP contribution in [0.15, 0.2) is 55.5 Å². The second-order valence-electron chi connectivity index (χ2n) is 9.97. The average molecular weight is 637 g/mol. The van der Waals surface area contributed by atoms with Crippen molar-refractivity contribution in [3.8, 4) is 22.6 Å². The Morgan fingerprint density at radius 3 is 2.50 bits per heavy atom. The van der Waals surface area contributed by atoms with Gasteiger partial charge in [0.15, 0.2) is 11.4 Å². The molecule has 1 aliphatic rings. The highest BCUT2D eigenvalue weighted by molar-refractivity contribution is 6.41.